The van der Waals surface area contributed by atoms with Gasteiger partial charge in [-0.25, -0.2) is 4.79 Å². The van der Waals surface area contributed by atoms with Crippen LogP contribution in [0, 0.1) is 0 Å². The van der Waals surface area contributed by atoms with E-state index in [1.807, 2.05) is 20.1 Å². The van der Waals surface area contributed by atoms with Crippen LogP contribution in [0.15, 0.2) is 12.3 Å². The van der Waals surface area contributed by atoms with Gasteiger partial charge in [0.15, 0.2) is 0 Å². The fourth-order valence-electron chi connectivity index (χ4n) is 1.80. The van der Waals surface area contributed by atoms with Crippen molar-refractivity contribution in [2.45, 2.75) is 65.5 Å². The molecule has 6 N–H and O–H groups in total. The van der Waals surface area contributed by atoms with Gasteiger partial charge in [-0.2, -0.15) is 11.8 Å². The monoisotopic (exact) mass is 407 g/mol. The summed E-state index contributed by atoms with van der Waals surface area (Å²) in [4.78, 5) is 31.8. The Morgan fingerprint density at radius 3 is 1.81 bits per heavy atom. The fraction of sp³-hybridized carbons (Fsp3) is 0.722. The van der Waals surface area contributed by atoms with Crippen molar-refractivity contribution in [3.8, 4) is 0 Å². The number of carbonyl (C=O) groups excluding carboxylic acids is 2. The number of unbranched alkanes of at least 4 members (excludes halogenated alkanes) is 1. The fourth-order valence-corrected chi connectivity index (χ4v) is 2.27. The normalized spacial score (nSPS) is 11.5. The molecule has 2 unspecified atom stereocenters. The standard InChI is InChI=1S/C9H18N2O2.C7H13NO3S.C2H6/c1-7(12)9(11-8(2)13)5-3-4-6-10;1-5(9)8-6(7(10)11)3-4-12-2;1-2/h9,12H,1,3-6,10H2,2H3,(H,11,13);6H,3-4H2,1-2H3,(H,8,9)(H,10,11);1-2H3. The van der Waals surface area contributed by atoms with Gasteiger partial charge in [-0.3, -0.25) is 9.59 Å². The first kappa shape index (κ1) is 30.0. The van der Waals surface area contributed by atoms with Crippen molar-refractivity contribution in [1.82, 2.24) is 10.6 Å². The summed E-state index contributed by atoms with van der Waals surface area (Å²) < 4.78 is 0. The van der Waals surface area contributed by atoms with E-state index in [0.29, 0.717) is 19.4 Å². The van der Waals surface area contributed by atoms with Gasteiger partial charge in [0.25, 0.3) is 0 Å². The van der Waals surface area contributed by atoms with Crippen LogP contribution in [0.2, 0.25) is 0 Å². The molecule has 0 aromatic heterocycles. The van der Waals surface area contributed by atoms with Crippen molar-refractivity contribution in [3.05, 3.63) is 12.3 Å². The SMILES string of the molecule is C=C(O)C(CCCCN)NC(C)=O.CC.CSCCC(NC(C)=O)C(=O)O. The number of aliphatic carboxylic acids is 1. The van der Waals surface area contributed by atoms with Gasteiger partial charge in [0.2, 0.25) is 11.8 Å². The highest BCUT2D eigenvalue weighted by atomic mass is 32.2. The minimum absolute atomic E-state index is 0.00669. The van der Waals surface area contributed by atoms with E-state index in [4.69, 9.17) is 15.9 Å². The number of carboxylic acids is 1. The molecule has 0 fully saturated rings. The highest BCUT2D eigenvalue weighted by molar-refractivity contribution is 7.98. The van der Waals surface area contributed by atoms with E-state index in [0.717, 1.165) is 18.6 Å². The molecule has 0 radical (unpaired) electrons. The van der Waals surface area contributed by atoms with Gasteiger partial charge in [0, 0.05) is 13.8 Å². The molecule has 8 nitrogen and oxygen atoms in total. The summed E-state index contributed by atoms with van der Waals surface area (Å²) in [6.07, 6.45) is 4.82. The highest BCUT2D eigenvalue weighted by Crippen LogP contribution is 2.05. The first-order valence-corrected chi connectivity index (χ1v) is 10.4. The summed E-state index contributed by atoms with van der Waals surface area (Å²) in [5.74, 6) is -0.694. The summed E-state index contributed by atoms with van der Waals surface area (Å²) in [5, 5.41) is 22.7. The zero-order chi connectivity index (χ0) is 21.8. The minimum atomic E-state index is -0.973. The van der Waals surface area contributed by atoms with Crippen molar-refractivity contribution >= 4 is 29.5 Å². The van der Waals surface area contributed by atoms with E-state index < -0.39 is 12.0 Å². The Hall–Kier alpha value is -1.74. The Labute approximate surface area is 167 Å². The molecule has 160 valence electrons. The summed E-state index contributed by atoms with van der Waals surface area (Å²) >= 11 is 1.56. The molecular formula is C18H37N3O5S. The first-order valence-electron chi connectivity index (χ1n) is 8.99. The third-order valence-electron chi connectivity index (χ3n) is 3.01. The van der Waals surface area contributed by atoms with Gasteiger partial charge in [0.1, 0.15) is 11.8 Å². The molecular weight excluding hydrogens is 370 g/mol. The number of thioether (sulfide) groups is 1. The Bertz CT molecular complexity index is 433. The molecule has 0 aliphatic heterocycles. The van der Waals surface area contributed by atoms with Crippen molar-refractivity contribution < 1.29 is 24.6 Å². The van der Waals surface area contributed by atoms with Crippen LogP contribution in [0.3, 0.4) is 0 Å². The molecule has 0 spiro atoms. The number of amides is 2. The average Bonchev–Trinajstić information content (AvgIpc) is 2.59. The largest absolute Gasteiger partial charge is 0.511 e. The lowest BCUT2D eigenvalue weighted by Crippen LogP contribution is -2.39. The van der Waals surface area contributed by atoms with Crippen molar-refractivity contribution in [1.29, 1.82) is 0 Å². The van der Waals surface area contributed by atoms with Crippen LogP contribution in [0.25, 0.3) is 0 Å². The summed E-state index contributed by atoms with van der Waals surface area (Å²) in [5.41, 5.74) is 5.32. The second-order valence-corrected chi connectivity index (χ2v) is 6.39. The van der Waals surface area contributed by atoms with Gasteiger partial charge < -0.3 is 26.6 Å². The molecule has 0 saturated carbocycles. The minimum Gasteiger partial charge on any atom is -0.511 e. The van der Waals surface area contributed by atoms with Gasteiger partial charge in [-0.05, 0) is 44.2 Å². The topological polar surface area (TPSA) is 142 Å². The summed E-state index contributed by atoms with van der Waals surface area (Å²) in [7, 11) is 0. The van der Waals surface area contributed by atoms with E-state index in [9.17, 15) is 14.4 Å². The molecule has 0 aromatic carbocycles. The maximum atomic E-state index is 10.7. The second kappa shape index (κ2) is 20.6. The molecule has 0 bridgehead atoms. The number of hydrogen-bond acceptors (Lipinski definition) is 6. The molecule has 27 heavy (non-hydrogen) atoms. The Morgan fingerprint density at radius 1 is 1.00 bits per heavy atom. The second-order valence-electron chi connectivity index (χ2n) is 5.40. The van der Waals surface area contributed by atoms with E-state index in [2.05, 4.69) is 17.2 Å². The van der Waals surface area contributed by atoms with Crippen LogP contribution in [0.4, 0.5) is 0 Å². The smallest absolute Gasteiger partial charge is 0.326 e. The molecule has 0 aliphatic rings. The van der Waals surface area contributed by atoms with E-state index in [-0.39, 0.29) is 23.6 Å². The lowest BCUT2D eigenvalue weighted by atomic mass is 10.1. The van der Waals surface area contributed by atoms with Crippen LogP contribution in [0.5, 0.6) is 0 Å². The van der Waals surface area contributed by atoms with Crippen molar-refractivity contribution in [2.75, 3.05) is 18.6 Å². The lowest BCUT2D eigenvalue weighted by molar-refractivity contribution is -0.141. The molecule has 9 heteroatoms. The highest BCUT2D eigenvalue weighted by Gasteiger charge is 2.16. The molecule has 0 rings (SSSR count). The number of carboxylic acid groups (broad SMARTS) is 1. The van der Waals surface area contributed by atoms with E-state index in [1.54, 1.807) is 11.8 Å². The van der Waals surface area contributed by atoms with Crippen molar-refractivity contribution in [3.63, 3.8) is 0 Å². The molecule has 0 aromatic rings. The average molecular weight is 408 g/mol. The maximum absolute atomic E-state index is 10.7. The molecule has 0 heterocycles. The zero-order valence-corrected chi connectivity index (χ0v) is 18.0. The number of hydrogen-bond donors (Lipinski definition) is 5. The number of aliphatic hydroxyl groups is 1. The summed E-state index contributed by atoms with van der Waals surface area (Å²) in [6, 6.07) is -1.07. The van der Waals surface area contributed by atoms with Crippen molar-refractivity contribution in [2.24, 2.45) is 5.73 Å². The number of rotatable bonds is 11. The van der Waals surface area contributed by atoms with Gasteiger partial charge in [-0.15, -0.1) is 0 Å². The van der Waals surface area contributed by atoms with Crippen LogP contribution >= 0.6 is 11.8 Å². The van der Waals surface area contributed by atoms with E-state index in [1.165, 1.54) is 13.8 Å². The van der Waals surface area contributed by atoms with Gasteiger partial charge >= 0.3 is 5.97 Å². The van der Waals surface area contributed by atoms with Crippen LogP contribution in [0.1, 0.15) is 53.4 Å². The van der Waals surface area contributed by atoms with Crippen LogP contribution in [-0.2, 0) is 14.4 Å². The Balaban J connectivity index is -0.000000391. The third-order valence-corrected chi connectivity index (χ3v) is 3.66. The lowest BCUT2D eigenvalue weighted by Gasteiger charge is -2.15. The molecule has 2 amide bonds. The zero-order valence-electron chi connectivity index (χ0n) is 17.2. The Morgan fingerprint density at radius 2 is 1.48 bits per heavy atom. The predicted molar refractivity (Wildman–Crippen MR) is 112 cm³/mol. The van der Waals surface area contributed by atoms with Gasteiger partial charge in [-0.1, -0.05) is 20.4 Å². The number of carbonyl (C=O) groups is 3. The molecule has 0 aliphatic carbocycles. The van der Waals surface area contributed by atoms with Gasteiger partial charge in [0.05, 0.1) is 6.04 Å². The molecule has 2 atom stereocenters. The number of aliphatic hydroxyl groups excluding tert-OH is 1. The Kier molecular flexibility index (Phi) is 22.9. The van der Waals surface area contributed by atoms with Crippen LogP contribution < -0.4 is 16.4 Å². The van der Waals surface area contributed by atoms with E-state index >= 15 is 0 Å². The predicted octanol–water partition coefficient (Wildman–Crippen LogP) is 2.05. The first-order chi connectivity index (χ1) is 12.6. The third kappa shape index (κ3) is 22.2. The number of nitrogens with one attached hydrogen (secondary N) is 2. The molecule has 0 saturated heterocycles. The quantitative estimate of drug-likeness (QED) is 0.261. The van der Waals surface area contributed by atoms with Crippen LogP contribution in [-0.4, -0.2) is 58.6 Å². The number of nitrogens with two attached hydrogens (primary N) is 1. The maximum Gasteiger partial charge on any atom is 0.326 e. The summed E-state index contributed by atoms with van der Waals surface area (Å²) in [6.45, 7) is 10.8.